The molecule has 2 rings (SSSR count). The summed E-state index contributed by atoms with van der Waals surface area (Å²) in [6.07, 6.45) is 0.527. The first-order chi connectivity index (χ1) is 14.2. The first kappa shape index (κ1) is 23.5. The maximum Gasteiger partial charge on any atom is 0.261 e. The van der Waals surface area contributed by atoms with Crippen molar-refractivity contribution in [1.29, 1.82) is 0 Å². The van der Waals surface area contributed by atoms with Crippen LogP contribution in [0.4, 0.5) is 0 Å². The molecule has 0 radical (unpaired) electrons. The molecular weight excluding hydrogens is 376 g/mol. The summed E-state index contributed by atoms with van der Waals surface area (Å²) in [5.41, 5.74) is 4.27. The Hall–Kier alpha value is -2.82. The van der Waals surface area contributed by atoms with Crippen LogP contribution in [0.25, 0.3) is 0 Å². The molecule has 0 aliphatic carbocycles. The number of carbonyl (C=O) groups excluding carboxylic acids is 2. The Morgan fingerprint density at radius 2 is 1.67 bits per heavy atom. The molecule has 2 aromatic carbocycles. The molecule has 0 aromatic heterocycles. The summed E-state index contributed by atoms with van der Waals surface area (Å²) in [7, 11) is 0. The number of carbonyl (C=O) groups is 2. The number of rotatable bonds is 9. The van der Waals surface area contributed by atoms with Gasteiger partial charge in [0.25, 0.3) is 5.91 Å². The van der Waals surface area contributed by atoms with Crippen LogP contribution in [0, 0.1) is 20.8 Å². The van der Waals surface area contributed by atoms with Crippen molar-refractivity contribution in [3.63, 3.8) is 0 Å². The van der Waals surface area contributed by atoms with Gasteiger partial charge in [0.05, 0.1) is 0 Å². The van der Waals surface area contributed by atoms with Crippen molar-refractivity contribution in [3.05, 3.63) is 64.7 Å². The Labute approximate surface area is 180 Å². The van der Waals surface area contributed by atoms with Crippen molar-refractivity contribution in [2.24, 2.45) is 0 Å². The van der Waals surface area contributed by atoms with E-state index in [1.165, 1.54) is 0 Å². The van der Waals surface area contributed by atoms with Gasteiger partial charge in [-0.05, 0) is 69.9 Å². The molecule has 0 aliphatic heterocycles. The highest BCUT2D eigenvalue weighted by Gasteiger charge is 2.29. The number of hydrogen-bond acceptors (Lipinski definition) is 3. The number of ether oxygens (including phenoxy) is 1. The molecule has 2 aromatic rings. The van der Waals surface area contributed by atoms with E-state index in [-0.39, 0.29) is 24.5 Å². The third-order valence-electron chi connectivity index (χ3n) is 4.81. The van der Waals surface area contributed by atoms with Crippen molar-refractivity contribution in [2.75, 3.05) is 6.61 Å². The normalized spacial score (nSPS) is 11.8. The van der Waals surface area contributed by atoms with Gasteiger partial charge in [-0.15, -0.1) is 0 Å². The van der Waals surface area contributed by atoms with E-state index in [1.807, 2.05) is 77.9 Å². The van der Waals surface area contributed by atoms with E-state index >= 15 is 0 Å². The van der Waals surface area contributed by atoms with Crippen molar-refractivity contribution in [1.82, 2.24) is 10.2 Å². The summed E-state index contributed by atoms with van der Waals surface area (Å²) in [6, 6.07) is 13.3. The molecule has 1 N–H and O–H groups in total. The molecule has 1 unspecified atom stereocenters. The predicted molar refractivity (Wildman–Crippen MR) is 120 cm³/mol. The van der Waals surface area contributed by atoms with E-state index in [0.717, 1.165) is 22.3 Å². The first-order valence-corrected chi connectivity index (χ1v) is 10.6. The highest BCUT2D eigenvalue weighted by atomic mass is 16.5. The fourth-order valence-electron chi connectivity index (χ4n) is 3.55. The van der Waals surface area contributed by atoms with Crippen molar-refractivity contribution in [3.8, 4) is 5.75 Å². The van der Waals surface area contributed by atoms with Gasteiger partial charge in [-0.1, -0.05) is 42.8 Å². The number of nitrogens with one attached hydrogen (secondary N) is 1. The van der Waals surface area contributed by atoms with Crippen LogP contribution >= 0.6 is 0 Å². The largest absolute Gasteiger partial charge is 0.484 e. The zero-order chi connectivity index (χ0) is 22.3. The fourth-order valence-corrected chi connectivity index (χ4v) is 3.55. The Morgan fingerprint density at radius 1 is 1.00 bits per heavy atom. The van der Waals surface area contributed by atoms with Crippen molar-refractivity contribution >= 4 is 11.8 Å². The second kappa shape index (κ2) is 10.8. The highest BCUT2D eigenvalue weighted by Crippen LogP contribution is 2.18. The van der Waals surface area contributed by atoms with Gasteiger partial charge < -0.3 is 15.0 Å². The molecule has 0 bridgehead atoms. The average molecular weight is 411 g/mol. The van der Waals surface area contributed by atoms with E-state index in [0.29, 0.717) is 18.7 Å². The van der Waals surface area contributed by atoms with Crippen LogP contribution in [0.5, 0.6) is 5.75 Å². The summed E-state index contributed by atoms with van der Waals surface area (Å²) in [5, 5.41) is 2.94. The Kier molecular flexibility index (Phi) is 8.46. The number of nitrogens with zero attached hydrogens (tertiary/aromatic N) is 1. The van der Waals surface area contributed by atoms with E-state index in [2.05, 4.69) is 11.4 Å². The first-order valence-electron chi connectivity index (χ1n) is 10.6. The van der Waals surface area contributed by atoms with Gasteiger partial charge in [0.2, 0.25) is 5.91 Å². The molecule has 0 saturated carbocycles. The van der Waals surface area contributed by atoms with Crippen molar-refractivity contribution in [2.45, 2.75) is 66.6 Å². The molecule has 5 heteroatoms. The number of aryl methyl sites for hydroxylation is 3. The molecule has 0 heterocycles. The second-order valence-electron chi connectivity index (χ2n) is 8.21. The summed E-state index contributed by atoms with van der Waals surface area (Å²) in [6.45, 7) is 12.0. The second-order valence-corrected chi connectivity index (χ2v) is 8.21. The lowest BCUT2D eigenvalue weighted by molar-refractivity contribution is -0.143. The Bertz CT molecular complexity index is 856. The molecule has 0 aliphatic rings. The molecule has 162 valence electrons. The molecule has 0 fully saturated rings. The molecule has 30 heavy (non-hydrogen) atoms. The molecule has 0 saturated heterocycles. The number of amides is 2. The topological polar surface area (TPSA) is 58.6 Å². The molecule has 1 atom stereocenters. The average Bonchev–Trinajstić information content (AvgIpc) is 2.64. The van der Waals surface area contributed by atoms with Gasteiger partial charge in [-0.2, -0.15) is 0 Å². The van der Waals surface area contributed by atoms with Crippen LogP contribution in [0.2, 0.25) is 0 Å². The SMILES string of the molecule is CCC(C(=O)NC(C)C)N(Cc1cccc(C)c1)C(=O)COc1cc(C)cc(C)c1. The van der Waals surface area contributed by atoms with Crippen LogP contribution in [-0.4, -0.2) is 35.4 Å². The van der Waals surface area contributed by atoms with E-state index in [9.17, 15) is 9.59 Å². The van der Waals surface area contributed by atoms with Crippen LogP contribution in [0.15, 0.2) is 42.5 Å². The van der Waals surface area contributed by atoms with Crippen LogP contribution in [0.1, 0.15) is 49.4 Å². The van der Waals surface area contributed by atoms with Crippen LogP contribution in [-0.2, 0) is 16.1 Å². The minimum Gasteiger partial charge on any atom is -0.484 e. The fraction of sp³-hybridized carbons (Fsp3) is 0.440. The van der Waals surface area contributed by atoms with Crippen LogP contribution < -0.4 is 10.1 Å². The zero-order valence-electron chi connectivity index (χ0n) is 19.0. The lowest BCUT2D eigenvalue weighted by atomic mass is 10.1. The van der Waals surface area contributed by atoms with E-state index < -0.39 is 6.04 Å². The molecule has 5 nitrogen and oxygen atoms in total. The van der Waals surface area contributed by atoms with Gasteiger partial charge in [0, 0.05) is 12.6 Å². The van der Waals surface area contributed by atoms with Gasteiger partial charge in [-0.3, -0.25) is 9.59 Å². The summed E-state index contributed by atoms with van der Waals surface area (Å²) in [5.74, 6) is 0.317. The third kappa shape index (κ3) is 6.90. The summed E-state index contributed by atoms with van der Waals surface area (Å²) < 4.78 is 5.80. The molecule has 0 spiro atoms. The van der Waals surface area contributed by atoms with Crippen LogP contribution in [0.3, 0.4) is 0 Å². The zero-order valence-corrected chi connectivity index (χ0v) is 19.0. The highest BCUT2D eigenvalue weighted by molar-refractivity contribution is 5.88. The summed E-state index contributed by atoms with van der Waals surface area (Å²) >= 11 is 0. The lowest BCUT2D eigenvalue weighted by Gasteiger charge is -2.31. The Morgan fingerprint density at radius 3 is 2.23 bits per heavy atom. The monoisotopic (exact) mass is 410 g/mol. The summed E-state index contributed by atoms with van der Waals surface area (Å²) in [4.78, 5) is 27.6. The third-order valence-corrected chi connectivity index (χ3v) is 4.81. The van der Waals surface area contributed by atoms with Gasteiger partial charge in [0.1, 0.15) is 11.8 Å². The standard InChI is InChI=1S/C25H34N2O3/c1-7-23(25(29)26-17(2)3)27(15-21-10-8-9-18(4)12-21)24(28)16-30-22-13-19(5)11-20(6)14-22/h8-14,17,23H,7,15-16H2,1-6H3,(H,26,29). The Balaban J connectivity index is 2.23. The van der Waals surface area contributed by atoms with Crippen molar-refractivity contribution < 1.29 is 14.3 Å². The maximum absolute atomic E-state index is 13.2. The minimum atomic E-state index is -0.553. The lowest BCUT2D eigenvalue weighted by Crippen LogP contribution is -2.51. The van der Waals surface area contributed by atoms with Gasteiger partial charge >= 0.3 is 0 Å². The number of benzene rings is 2. The predicted octanol–water partition coefficient (Wildman–Crippen LogP) is 4.32. The quantitative estimate of drug-likeness (QED) is 0.670. The van der Waals surface area contributed by atoms with E-state index in [1.54, 1.807) is 4.90 Å². The number of hydrogen-bond donors (Lipinski definition) is 1. The molecular formula is C25H34N2O3. The van der Waals surface area contributed by atoms with Gasteiger partial charge in [0.15, 0.2) is 6.61 Å². The maximum atomic E-state index is 13.2. The molecule has 2 amide bonds. The minimum absolute atomic E-state index is 0.00832. The smallest absolute Gasteiger partial charge is 0.261 e. The van der Waals surface area contributed by atoms with Gasteiger partial charge in [-0.25, -0.2) is 0 Å². The van der Waals surface area contributed by atoms with E-state index in [4.69, 9.17) is 4.74 Å².